The maximum Gasteiger partial charge on any atom is 0.324 e. The van der Waals surface area contributed by atoms with Crippen LogP contribution in [0.1, 0.15) is 63.2 Å². The summed E-state index contributed by atoms with van der Waals surface area (Å²) in [5.74, 6) is -1.85. The molecule has 1 aromatic rings. The third-order valence-corrected chi connectivity index (χ3v) is 5.53. The van der Waals surface area contributed by atoms with E-state index in [2.05, 4.69) is 19.6 Å². The highest BCUT2D eigenvalue weighted by Gasteiger charge is 2.36. The van der Waals surface area contributed by atoms with Crippen molar-refractivity contribution in [1.82, 2.24) is 19.6 Å². The minimum atomic E-state index is -2.15. The summed E-state index contributed by atoms with van der Waals surface area (Å²) >= 11 is -2.15. The number of aliphatic hydroxyl groups is 1. The number of carboxylic acids is 1. The Balaban J connectivity index is 2.14. The topological polar surface area (TPSA) is 207 Å². The Bertz CT molecular complexity index is 720. The zero-order valence-corrected chi connectivity index (χ0v) is 16.3. The number of nitrogens with zero attached hydrogens (tertiary/aromatic N) is 2. The number of hydrogen-bond donors (Lipinski definition) is 6. The summed E-state index contributed by atoms with van der Waals surface area (Å²) in [5.41, 5.74) is 10.9. The van der Waals surface area contributed by atoms with Gasteiger partial charge in [0.05, 0.1) is 18.1 Å². The van der Waals surface area contributed by atoms with Crippen LogP contribution in [-0.2, 0) is 26.3 Å². The van der Waals surface area contributed by atoms with Gasteiger partial charge in [0.25, 0.3) is 0 Å². The van der Waals surface area contributed by atoms with Gasteiger partial charge in [-0.05, 0) is 19.8 Å². The zero-order chi connectivity index (χ0) is 20.9. The summed E-state index contributed by atoms with van der Waals surface area (Å²) in [4.78, 5) is 26.8. The molecule has 1 aliphatic rings. The van der Waals surface area contributed by atoms with E-state index in [1.165, 1.54) is 6.92 Å². The monoisotopic (exact) mass is 418 g/mol. The molecular weight excluding hydrogens is 392 g/mol. The number of carboxylic acid groups (broad SMARTS) is 1. The first-order chi connectivity index (χ1) is 13.1. The van der Waals surface area contributed by atoms with E-state index in [4.69, 9.17) is 21.1 Å². The fourth-order valence-electron chi connectivity index (χ4n) is 3.00. The molecule has 4 atom stereocenters. The number of hydrogen-bond acceptors (Lipinski definition) is 8. The standard InChI is InChI=1S/C15H26N6O6S/c1-8(22)11(13(24)25)21-28(26)20-9(7-10(16)23)12-18-14(19-27-12)15(17)5-3-2-4-6-15/h8-9,11,20-22H,2-7,17H2,1H3,(H2,16,23)(H,24,25)/t8?,9-,11-,28?/m0/s1. The molecule has 12 nitrogen and oxygen atoms in total. The largest absolute Gasteiger partial charge is 0.480 e. The maximum atomic E-state index is 12.2. The molecule has 1 fully saturated rings. The summed E-state index contributed by atoms with van der Waals surface area (Å²) in [5, 5.41) is 22.4. The number of aromatic nitrogens is 2. The van der Waals surface area contributed by atoms with Crippen LogP contribution in [0.3, 0.4) is 0 Å². The molecule has 0 saturated heterocycles. The van der Waals surface area contributed by atoms with Crippen LogP contribution in [0.25, 0.3) is 0 Å². The maximum absolute atomic E-state index is 12.2. The molecule has 1 aliphatic carbocycles. The van der Waals surface area contributed by atoms with Crippen molar-refractivity contribution in [2.45, 2.75) is 69.2 Å². The molecule has 8 N–H and O–H groups in total. The third-order valence-electron chi connectivity index (χ3n) is 4.57. The van der Waals surface area contributed by atoms with Gasteiger partial charge in [-0.2, -0.15) is 4.98 Å². The van der Waals surface area contributed by atoms with E-state index in [1.54, 1.807) is 0 Å². The second kappa shape index (κ2) is 9.52. The number of amides is 1. The second-order valence-corrected chi connectivity index (χ2v) is 7.97. The van der Waals surface area contributed by atoms with Gasteiger partial charge in [0, 0.05) is 0 Å². The van der Waals surface area contributed by atoms with Crippen molar-refractivity contribution in [3.8, 4) is 0 Å². The van der Waals surface area contributed by atoms with Crippen molar-refractivity contribution < 1.29 is 28.5 Å². The number of primary amides is 1. The average molecular weight is 418 g/mol. The van der Waals surface area contributed by atoms with E-state index in [-0.39, 0.29) is 12.3 Å². The van der Waals surface area contributed by atoms with Crippen LogP contribution in [0.5, 0.6) is 0 Å². The lowest BCUT2D eigenvalue weighted by molar-refractivity contribution is -0.141. The highest BCUT2D eigenvalue weighted by atomic mass is 32.2. The molecule has 13 heteroatoms. The van der Waals surface area contributed by atoms with Gasteiger partial charge >= 0.3 is 5.97 Å². The normalized spacial score (nSPS) is 20.8. The van der Waals surface area contributed by atoms with Crippen LogP contribution in [0, 0.1) is 0 Å². The summed E-state index contributed by atoms with van der Waals surface area (Å²) in [7, 11) is 0. The lowest BCUT2D eigenvalue weighted by atomic mass is 9.82. The van der Waals surface area contributed by atoms with Crippen molar-refractivity contribution in [3.63, 3.8) is 0 Å². The predicted molar refractivity (Wildman–Crippen MR) is 97.3 cm³/mol. The number of carbonyl (C=O) groups excluding carboxylic acids is 1. The van der Waals surface area contributed by atoms with Crippen LogP contribution in [0.15, 0.2) is 4.52 Å². The molecule has 1 saturated carbocycles. The van der Waals surface area contributed by atoms with E-state index in [0.29, 0.717) is 18.7 Å². The summed E-state index contributed by atoms with van der Waals surface area (Å²) in [6.07, 6.45) is 2.72. The van der Waals surface area contributed by atoms with Crippen LogP contribution in [-0.4, -0.2) is 48.6 Å². The van der Waals surface area contributed by atoms with Gasteiger partial charge in [-0.3, -0.25) is 9.59 Å². The summed E-state index contributed by atoms with van der Waals surface area (Å²) < 4.78 is 22.1. The molecule has 0 spiro atoms. The van der Waals surface area contributed by atoms with Crippen LogP contribution in [0.4, 0.5) is 0 Å². The van der Waals surface area contributed by atoms with E-state index in [0.717, 1.165) is 19.3 Å². The lowest BCUT2D eigenvalue weighted by Gasteiger charge is -2.29. The molecular formula is C15H26N6O6S. The Morgan fingerprint density at radius 3 is 2.50 bits per heavy atom. The van der Waals surface area contributed by atoms with Crippen LogP contribution in [0.2, 0.25) is 0 Å². The van der Waals surface area contributed by atoms with Gasteiger partial charge in [-0.15, -0.1) is 0 Å². The van der Waals surface area contributed by atoms with E-state index in [9.17, 15) is 18.9 Å². The van der Waals surface area contributed by atoms with Gasteiger partial charge in [0.15, 0.2) is 17.0 Å². The molecule has 1 heterocycles. The highest BCUT2D eigenvalue weighted by Crippen LogP contribution is 2.33. The molecule has 28 heavy (non-hydrogen) atoms. The molecule has 158 valence electrons. The molecule has 0 bridgehead atoms. The molecule has 1 aromatic heterocycles. The molecule has 0 aliphatic heterocycles. The molecule has 0 radical (unpaired) electrons. The smallest absolute Gasteiger partial charge is 0.324 e. The van der Waals surface area contributed by atoms with Crippen molar-refractivity contribution in [1.29, 1.82) is 0 Å². The van der Waals surface area contributed by atoms with Gasteiger partial charge in [-0.1, -0.05) is 24.4 Å². The number of nitrogens with two attached hydrogens (primary N) is 2. The first kappa shape index (κ1) is 22.4. The Hall–Kier alpha value is -1.93. The first-order valence-corrected chi connectivity index (χ1v) is 10.0. The number of nitrogens with one attached hydrogen (secondary N) is 2. The minimum absolute atomic E-state index is 0.0386. The van der Waals surface area contributed by atoms with Crippen LogP contribution < -0.4 is 20.9 Å². The fraction of sp³-hybridized carbons (Fsp3) is 0.733. The minimum Gasteiger partial charge on any atom is -0.480 e. The van der Waals surface area contributed by atoms with Crippen molar-refractivity contribution in [3.05, 3.63) is 11.7 Å². The Morgan fingerprint density at radius 1 is 1.32 bits per heavy atom. The van der Waals surface area contributed by atoms with Gasteiger partial charge < -0.3 is 26.2 Å². The zero-order valence-electron chi connectivity index (χ0n) is 15.5. The summed E-state index contributed by atoms with van der Waals surface area (Å²) in [6, 6.07) is -2.52. The van der Waals surface area contributed by atoms with Gasteiger partial charge in [0.1, 0.15) is 12.1 Å². The predicted octanol–water partition coefficient (Wildman–Crippen LogP) is -1.30. The molecule has 1 amide bonds. The Morgan fingerprint density at radius 2 is 1.96 bits per heavy atom. The van der Waals surface area contributed by atoms with E-state index < -0.39 is 46.8 Å². The molecule has 0 aromatic carbocycles. The lowest BCUT2D eigenvalue weighted by Crippen LogP contribution is -2.49. The van der Waals surface area contributed by atoms with E-state index >= 15 is 0 Å². The average Bonchev–Trinajstić information content (AvgIpc) is 3.10. The number of carbonyl (C=O) groups is 2. The molecule has 2 rings (SSSR count). The van der Waals surface area contributed by atoms with Gasteiger partial charge in [0.2, 0.25) is 11.8 Å². The molecule has 2 unspecified atom stereocenters. The fourth-order valence-corrected chi connectivity index (χ4v) is 4.04. The number of aliphatic carboxylic acids is 1. The third kappa shape index (κ3) is 5.78. The Labute approximate surface area is 164 Å². The van der Waals surface area contributed by atoms with Crippen LogP contribution >= 0.6 is 0 Å². The number of rotatable bonds is 10. The summed E-state index contributed by atoms with van der Waals surface area (Å²) in [6.45, 7) is 1.24. The van der Waals surface area contributed by atoms with Crippen molar-refractivity contribution in [2.24, 2.45) is 11.5 Å². The van der Waals surface area contributed by atoms with Crippen molar-refractivity contribution >= 4 is 23.0 Å². The SMILES string of the molecule is CC(O)[C@H](NS(=O)N[C@@H](CC(N)=O)c1nc(C2(N)CCCCC2)no1)C(=O)O. The van der Waals surface area contributed by atoms with Gasteiger partial charge in [-0.25, -0.2) is 13.7 Å². The highest BCUT2D eigenvalue weighted by molar-refractivity contribution is 7.81. The quantitative estimate of drug-likeness (QED) is 0.266. The van der Waals surface area contributed by atoms with E-state index in [1.807, 2.05) is 0 Å². The van der Waals surface area contributed by atoms with Crippen molar-refractivity contribution in [2.75, 3.05) is 0 Å². The Kier molecular flexibility index (Phi) is 7.60. The number of aliphatic hydroxyl groups excluding tert-OH is 1. The first-order valence-electron chi connectivity index (χ1n) is 8.88. The second-order valence-electron chi connectivity index (χ2n) is 6.96.